The molecule has 0 aromatic rings. The number of hydrogen-bond acceptors (Lipinski definition) is 2. The number of amides is 1. The van der Waals surface area contributed by atoms with Gasteiger partial charge in [-0.3, -0.25) is 4.79 Å². The molecule has 84 valence electrons. The number of carbonyl (C=O) groups excluding carboxylic acids is 1. The molecule has 2 atom stereocenters. The summed E-state index contributed by atoms with van der Waals surface area (Å²) in [5.74, 6) is 0.418. The van der Waals surface area contributed by atoms with Gasteiger partial charge < -0.3 is 4.90 Å². The third kappa shape index (κ3) is 3.13. The Morgan fingerprint density at radius 3 is 3.07 bits per heavy atom. The molecule has 0 bridgehead atoms. The Morgan fingerprint density at radius 2 is 2.47 bits per heavy atom. The predicted octanol–water partition coefficient (Wildman–Crippen LogP) is 2.33. The predicted molar refractivity (Wildman–Crippen MR) is 58.2 cm³/mol. The van der Waals surface area contributed by atoms with Crippen LogP contribution in [0.5, 0.6) is 0 Å². The molecule has 1 aliphatic rings. The summed E-state index contributed by atoms with van der Waals surface area (Å²) in [7, 11) is 0. The first-order chi connectivity index (χ1) is 7.19. The van der Waals surface area contributed by atoms with Crippen LogP contribution in [0.3, 0.4) is 0 Å². The van der Waals surface area contributed by atoms with Gasteiger partial charge in [-0.05, 0) is 24.8 Å². The second-order valence-corrected chi connectivity index (χ2v) is 4.17. The maximum atomic E-state index is 11.7. The summed E-state index contributed by atoms with van der Waals surface area (Å²) in [6.07, 6.45) is 2.67. The first-order valence-electron chi connectivity index (χ1n) is 5.49. The van der Waals surface area contributed by atoms with Crippen molar-refractivity contribution in [2.24, 2.45) is 11.0 Å². The largest absolute Gasteiger partial charge is 0.340 e. The maximum absolute atomic E-state index is 11.7. The van der Waals surface area contributed by atoms with E-state index in [-0.39, 0.29) is 11.8 Å². The van der Waals surface area contributed by atoms with E-state index in [0.717, 1.165) is 19.4 Å². The van der Waals surface area contributed by atoms with Crippen LogP contribution in [0.4, 0.5) is 0 Å². The minimum absolute atomic E-state index is 0.203. The average Bonchev–Trinajstić information content (AvgIpc) is 2.57. The van der Waals surface area contributed by atoms with Gasteiger partial charge in [0.05, 0.1) is 0 Å². The molecule has 0 aromatic carbocycles. The third-order valence-corrected chi connectivity index (χ3v) is 2.88. The van der Waals surface area contributed by atoms with Gasteiger partial charge in [-0.15, -0.1) is 0 Å². The summed E-state index contributed by atoms with van der Waals surface area (Å²) in [5, 5.41) is 3.53. The van der Waals surface area contributed by atoms with Crippen LogP contribution in [0.25, 0.3) is 10.4 Å². The molecule has 0 radical (unpaired) electrons. The van der Waals surface area contributed by atoms with E-state index in [0.29, 0.717) is 19.0 Å². The minimum atomic E-state index is 0.203. The highest BCUT2D eigenvalue weighted by atomic mass is 16.2. The Balaban J connectivity index is 2.48. The van der Waals surface area contributed by atoms with Crippen molar-refractivity contribution in [3.63, 3.8) is 0 Å². The van der Waals surface area contributed by atoms with Crippen molar-refractivity contribution < 1.29 is 4.79 Å². The molecule has 2 unspecified atom stereocenters. The van der Waals surface area contributed by atoms with E-state index < -0.39 is 0 Å². The van der Waals surface area contributed by atoms with Gasteiger partial charge in [0.25, 0.3) is 0 Å². The number of likely N-dealkylation sites (tertiary alicyclic amines) is 1. The van der Waals surface area contributed by atoms with Crippen molar-refractivity contribution in [3.05, 3.63) is 10.4 Å². The van der Waals surface area contributed by atoms with Crippen LogP contribution in [0.15, 0.2) is 5.11 Å². The van der Waals surface area contributed by atoms with Crippen LogP contribution in [-0.2, 0) is 4.79 Å². The van der Waals surface area contributed by atoms with Gasteiger partial charge in [0, 0.05) is 30.5 Å². The number of azide groups is 1. The summed E-state index contributed by atoms with van der Waals surface area (Å²) in [4.78, 5) is 16.3. The van der Waals surface area contributed by atoms with E-state index in [1.807, 2.05) is 4.90 Å². The number of hydrogen-bond donors (Lipinski definition) is 0. The van der Waals surface area contributed by atoms with E-state index in [9.17, 15) is 4.79 Å². The molecular weight excluding hydrogens is 192 g/mol. The molecule has 0 aliphatic carbocycles. The van der Waals surface area contributed by atoms with Gasteiger partial charge in [0.15, 0.2) is 0 Å². The number of nitrogens with zero attached hydrogens (tertiary/aromatic N) is 4. The lowest BCUT2D eigenvalue weighted by molar-refractivity contribution is -0.129. The first-order valence-corrected chi connectivity index (χ1v) is 5.49. The number of carbonyl (C=O) groups is 1. The summed E-state index contributed by atoms with van der Waals surface area (Å²) >= 11 is 0. The average molecular weight is 210 g/mol. The Labute approximate surface area is 90.1 Å². The highest BCUT2D eigenvalue weighted by Gasteiger charge is 2.31. The molecule has 1 heterocycles. The maximum Gasteiger partial charge on any atom is 0.223 e. The molecule has 0 N–H and O–H groups in total. The molecule has 1 fully saturated rings. The zero-order chi connectivity index (χ0) is 11.3. The van der Waals surface area contributed by atoms with Crippen LogP contribution in [0.2, 0.25) is 0 Å². The van der Waals surface area contributed by atoms with Crippen molar-refractivity contribution in [1.82, 2.24) is 4.90 Å². The fourth-order valence-corrected chi connectivity index (χ4v) is 2.08. The Bertz CT molecular complexity index is 273. The molecule has 1 aliphatic heterocycles. The van der Waals surface area contributed by atoms with Crippen molar-refractivity contribution in [1.29, 1.82) is 0 Å². The van der Waals surface area contributed by atoms with E-state index >= 15 is 0 Å². The van der Waals surface area contributed by atoms with Crippen molar-refractivity contribution >= 4 is 5.91 Å². The molecule has 5 heteroatoms. The van der Waals surface area contributed by atoms with Crippen LogP contribution in [-0.4, -0.2) is 29.9 Å². The fraction of sp³-hybridized carbons (Fsp3) is 0.900. The molecule has 1 rings (SSSR count). The smallest absolute Gasteiger partial charge is 0.223 e. The van der Waals surface area contributed by atoms with Gasteiger partial charge in [0.1, 0.15) is 0 Å². The second kappa shape index (κ2) is 5.61. The number of rotatable bonds is 5. The van der Waals surface area contributed by atoms with Gasteiger partial charge in [-0.1, -0.05) is 18.5 Å². The van der Waals surface area contributed by atoms with Crippen LogP contribution >= 0.6 is 0 Å². The van der Waals surface area contributed by atoms with E-state index in [4.69, 9.17) is 5.53 Å². The molecule has 15 heavy (non-hydrogen) atoms. The molecule has 5 nitrogen and oxygen atoms in total. The molecule has 0 saturated carbocycles. The first kappa shape index (κ1) is 11.9. The fourth-order valence-electron chi connectivity index (χ4n) is 2.08. The van der Waals surface area contributed by atoms with Gasteiger partial charge in [-0.25, -0.2) is 0 Å². The zero-order valence-electron chi connectivity index (χ0n) is 9.39. The zero-order valence-corrected chi connectivity index (χ0v) is 9.39. The summed E-state index contributed by atoms with van der Waals surface area (Å²) in [6, 6.07) is 0.318. The molecule has 0 aromatic heterocycles. The highest BCUT2D eigenvalue weighted by molar-refractivity contribution is 5.79. The minimum Gasteiger partial charge on any atom is -0.340 e. The third-order valence-electron chi connectivity index (χ3n) is 2.88. The van der Waals surface area contributed by atoms with Gasteiger partial charge >= 0.3 is 0 Å². The normalized spacial score (nSPS) is 22.7. The quantitative estimate of drug-likeness (QED) is 0.390. The summed E-state index contributed by atoms with van der Waals surface area (Å²) in [6.45, 7) is 5.39. The molecule has 0 spiro atoms. The second-order valence-electron chi connectivity index (χ2n) is 4.17. The van der Waals surface area contributed by atoms with E-state index in [1.54, 1.807) is 0 Å². The van der Waals surface area contributed by atoms with Crippen molar-refractivity contribution in [2.75, 3.05) is 13.1 Å². The SMILES string of the molecule is CCCC(C)N1CC(CN=[N+]=[N-])CC1=O. The summed E-state index contributed by atoms with van der Waals surface area (Å²) < 4.78 is 0. The Morgan fingerprint density at radius 1 is 1.73 bits per heavy atom. The van der Waals surface area contributed by atoms with Crippen molar-refractivity contribution in [2.45, 2.75) is 39.2 Å². The molecule has 1 amide bonds. The Kier molecular flexibility index (Phi) is 4.43. The standard InChI is InChI=1S/C10H18N4O/c1-3-4-8(2)14-7-9(5-10(14)15)6-12-13-11/h8-9H,3-7H2,1-2H3. The van der Waals surface area contributed by atoms with E-state index in [2.05, 4.69) is 23.9 Å². The highest BCUT2D eigenvalue weighted by Crippen LogP contribution is 2.22. The Hall–Kier alpha value is -1.22. The lowest BCUT2D eigenvalue weighted by Gasteiger charge is -2.24. The lowest BCUT2D eigenvalue weighted by atomic mass is 10.1. The lowest BCUT2D eigenvalue weighted by Crippen LogP contribution is -2.34. The molecule has 1 saturated heterocycles. The van der Waals surface area contributed by atoms with Crippen LogP contribution in [0, 0.1) is 5.92 Å². The molecular formula is C10H18N4O. The summed E-state index contributed by atoms with van der Waals surface area (Å²) in [5.41, 5.74) is 8.21. The van der Waals surface area contributed by atoms with Gasteiger partial charge in [0.2, 0.25) is 5.91 Å². The van der Waals surface area contributed by atoms with Crippen LogP contribution < -0.4 is 0 Å². The van der Waals surface area contributed by atoms with E-state index in [1.165, 1.54) is 0 Å². The topological polar surface area (TPSA) is 69.1 Å². The van der Waals surface area contributed by atoms with Crippen molar-refractivity contribution in [3.8, 4) is 0 Å². The monoisotopic (exact) mass is 210 g/mol. The van der Waals surface area contributed by atoms with Gasteiger partial charge in [-0.2, -0.15) is 0 Å². The van der Waals surface area contributed by atoms with Crippen LogP contribution in [0.1, 0.15) is 33.1 Å².